The van der Waals surface area contributed by atoms with Crippen LogP contribution >= 0.6 is 23.2 Å². The van der Waals surface area contributed by atoms with E-state index >= 15 is 0 Å². The molecule has 4 rings (SSSR count). The second kappa shape index (κ2) is 10.3. The van der Waals surface area contributed by atoms with E-state index in [0.29, 0.717) is 34.4 Å². The summed E-state index contributed by atoms with van der Waals surface area (Å²) in [5.41, 5.74) is 13.4. The second-order valence-electron chi connectivity index (χ2n) is 7.96. The van der Waals surface area contributed by atoms with Gasteiger partial charge in [-0.15, -0.1) is 0 Å². The summed E-state index contributed by atoms with van der Waals surface area (Å²) in [6.45, 7) is 4.15. The molecule has 0 heterocycles. The van der Waals surface area contributed by atoms with Crippen molar-refractivity contribution in [2.45, 2.75) is 18.8 Å². The van der Waals surface area contributed by atoms with Crippen LogP contribution in [0.15, 0.2) is 89.7 Å². The van der Waals surface area contributed by atoms with Gasteiger partial charge in [0.1, 0.15) is 5.82 Å². The normalized spacial score (nSPS) is 15.5. The van der Waals surface area contributed by atoms with Gasteiger partial charge in [0.05, 0.1) is 10.0 Å². The highest BCUT2D eigenvalue weighted by atomic mass is 35.5. The minimum absolute atomic E-state index is 0.0880. The zero-order chi connectivity index (χ0) is 23.4. The van der Waals surface area contributed by atoms with Crippen LogP contribution in [0.2, 0.25) is 10.0 Å². The summed E-state index contributed by atoms with van der Waals surface area (Å²) in [7, 11) is 0. The third kappa shape index (κ3) is 5.31. The van der Waals surface area contributed by atoms with E-state index in [1.54, 1.807) is 6.21 Å². The van der Waals surface area contributed by atoms with Gasteiger partial charge in [-0.25, -0.2) is 4.99 Å². The van der Waals surface area contributed by atoms with Crippen LogP contribution in [0.25, 0.3) is 5.70 Å². The highest BCUT2D eigenvalue weighted by Gasteiger charge is 2.26. The molecule has 1 aliphatic carbocycles. The van der Waals surface area contributed by atoms with Crippen LogP contribution in [-0.4, -0.2) is 17.9 Å². The molecule has 0 amide bonds. The third-order valence-electron chi connectivity index (χ3n) is 5.76. The summed E-state index contributed by atoms with van der Waals surface area (Å²) in [5.74, 6) is 0.597. The first-order chi connectivity index (χ1) is 16.0. The van der Waals surface area contributed by atoms with E-state index in [4.69, 9.17) is 34.0 Å². The molecule has 4 nitrogen and oxygen atoms in total. The molecule has 0 saturated heterocycles. The first-order valence-corrected chi connectivity index (χ1v) is 11.4. The van der Waals surface area contributed by atoms with Crippen molar-refractivity contribution in [2.24, 2.45) is 10.7 Å². The van der Waals surface area contributed by atoms with Gasteiger partial charge in [-0.1, -0.05) is 72.2 Å². The molecule has 0 bridgehead atoms. The lowest BCUT2D eigenvalue weighted by atomic mass is 9.78. The van der Waals surface area contributed by atoms with E-state index in [2.05, 4.69) is 23.0 Å². The quantitative estimate of drug-likeness (QED) is 0.345. The fourth-order valence-electron chi connectivity index (χ4n) is 4.05. The Morgan fingerprint density at radius 1 is 1.09 bits per heavy atom. The number of hydrogen-bond acceptors (Lipinski definition) is 4. The molecular weight excluding hydrogens is 453 g/mol. The van der Waals surface area contributed by atoms with Crippen molar-refractivity contribution in [3.63, 3.8) is 0 Å². The zero-order valence-corrected chi connectivity index (χ0v) is 19.6. The van der Waals surface area contributed by atoms with Gasteiger partial charge in [-0.2, -0.15) is 0 Å². The van der Waals surface area contributed by atoms with Crippen molar-refractivity contribution in [1.29, 1.82) is 0 Å². The summed E-state index contributed by atoms with van der Waals surface area (Å²) in [6, 6.07) is 21.7. The van der Waals surface area contributed by atoms with Crippen LogP contribution in [0.4, 0.5) is 5.69 Å². The summed E-state index contributed by atoms with van der Waals surface area (Å²) >= 11 is 12.4. The van der Waals surface area contributed by atoms with E-state index in [9.17, 15) is 0 Å². The number of halogens is 2. The van der Waals surface area contributed by atoms with Gasteiger partial charge in [0.15, 0.2) is 0 Å². The van der Waals surface area contributed by atoms with Crippen LogP contribution in [0.1, 0.15) is 34.6 Å². The number of anilines is 1. The van der Waals surface area contributed by atoms with Gasteiger partial charge < -0.3 is 16.2 Å². The lowest BCUT2D eigenvalue weighted by Gasteiger charge is -2.28. The predicted octanol–water partition coefficient (Wildman–Crippen LogP) is 6.39. The fraction of sp³-hybridized carbons (Fsp3) is 0.148. The molecule has 3 aromatic rings. The van der Waals surface area contributed by atoms with Gasteiger partial charge in [-0.3, -0.25) is 0 Å². The maximum atomic E-state index is 9.05. The Morgan fingerprint density at radius 2 is 1.85 bits per heavy atom. The fourth-order valence-corrected chi connectivity index (χ4v) is 4.35. The molecule has 0 fully saturated rings. The molecular formula is C27H25Cl2N3O. The number of nitrogens with one attached hydrogen (secondary N) is 1. The van der Waals surface area contributed by atoms with Crippen molar-refractivity contribution < 1.29 is 5.11 Å². The summed E-state index contributed by atoms with van der Waals surface area (Å²) in [4.78, 5) is 4.53. The molecule has 0 aromatic heterocycles. The number of aliphatic imine (C=N–C) groups is 1. The Morgan fingerprint density at radius 3 is 2.58 bits per heavy atom. The second-order valence-corrected chi connectivity index (χ2v) is 8.77. The van der Waals surface area contributed by atoms with Gasteiger partial charge in [-0.05, 0) is 59.4 Å². The van der Waals surface area contributed by atoms with E-state index in [-0.39, 0.29) is 12.5 Å². The number of fused-ring (bicyclic) bond motifs is 1. The Balaban J connectivity index is 1.57. The summed E-state index contributed by atoms with van der Waals surface area (Å²) < 4.78 is 0. The average Bonchev–Trinajstić information content (AvgIpc) is 2.82. The molecule has 168 valence electrons. The van der Waals surface area contributed by atoms with Crippen molar-refractivity contribution in [2.75, 3.05) is 11.9 Å². The first kappa shape index (κ1) is 23.1. The number of aliphatic hydroxyl groups is 1. The van der Waals surface area contributed by atoms with Gasteiger partial charge in [0.25, 0.3) is 0 Å². The average molecular weight is 478 g/mol. The number of nitrogens with zero attached hydrogens (tertiary/aromatic N) is 1. The molecule has 6 heteroatoms. The van der Waals surface area contributed by atoms with Crippen LogP contribution in [-0.2, 0) is 6.42 Å². The molecule has 0 aliphatic heterocycles. The van der Waals surface area contributed by atoms with Crippen LogP contribution < -0.4 is 11.1 Å². The van der Waals surface area contributed by atoms with Crippen molar-refractivity contribution in [3.8, 4) is 0 Å². The number of aliphatic hydroxyl groups excluding tert-OH is 1. The molecule has 33 heavy (non-hydrogen) atoms. The Hall–Kier alpha value is -3.05. The van der Waals surface area contributed by atoms with E-state index < -0.39 is 0 Å². The number of allylic oxidation sites excluding steroid dienone is 1. The number of benzene rings is 3. The topological polar surface area (TPSA) is 70.6 Å². The highest BCUT2D eigenvalue weighted by Crippen LogP contribution is 2.41. The Kier molecular flexibility index (Phi) is 7.19. The largest absolute Gasteiger partial charge is 0.398 e. The molecule has 3 aromatic carbocycles. The zero-order valence-electron chi connectivity index (χ0n) is 18.1. The monoisotopic (exact) mass is 477 g/mol. The number of nitrogens with two attached hydrogens (primary N) is 1. The standard InChI is InChI=1S/C27H25Cl2N3O/c1-17(32-21-9-6-18(7-10-21)12-13-33)31-16-20-14-24(19-8-11-25(28)26(29)15-19)22-4-2-3-5-23(22)27(20)30/h2-11,15-16,24,32-33H,1,12-14,30H2/t24-/m0/s1. The van der Waals surface area contributed by atoms with E-state index in [1.807, 2.05) is 60.7 Å². The van der Waals surface area contributed by atoms with E-state index in [1.165, 1.54) is 0 Å². The molecule has 4 N–H and O–H groups in total. The highest BCUT2D eigenvalue weighted by molar-refractivity contribution is 6.42. The van der Waals surface area contributed by atoms with Crippen LogP contribution in [0.3, 0.4) is 0 Å². The van der Waals surface area contributed by atoms with Gasteiger partial charge in [0.2, 0.25) is 0 Å². The third-order valence-corrected chi connectivity index (χ3v) is 6.50. The summed E-state index contributed by atoms with van der Waals surface area (Å²) in [6.07, 6.45) is 3.10. The lowest BCUT2D eigenvalue weighted by molar-refractivity contribution is 0.299. The predicted molar refractivity (Wildman–Crippen MR) is 139 cm³/mol. The number of rotatable bonds is 7. The summed E-state index contributed by atoms with van der Waals surface area (Å²) in [5, 5.41) is 13.3. The maximum absolute atomic E-state index is 9.05. The molecule has 1 atom stereocenters. The minimum Gasteiger partial charge on any atom is -0.398 e. The molecule has 0 saturated carbocycles. The maximum Gasteiger partial charge on any atom is 0.123 e. The minimum atomic E-state index is 0.0880. The smallest absolute Gasteiger partial charge is 0.123 e. The lowest BCUT2D eigenvalue weighted by Crippen LogP contribution is -2.17. The van der Waals surface area contributed by atoms with E-state index in [0.717, 1.165) is 33.5 Å². The van der Waals surface area contributed by atoms with Crippen LogP contribution in [0, 0.1) is 0 Å². The Bertz CT molecular complexity index is 1230. The molecule has 0 unspecified atom stereocenters. The van der Waals surface area contributed by atoms with Crippen molar-refractivity contribution in [1.82, 2.24) is 0 Å². The van der Waals surface area contributed by atoms with Crippen molar-refractivity contribution >= 4 is 40.8 Å². The SMILES string of the molecule is C=C(N=CC1=C(N)c2ccccc2[C@H](c2ccc(Cl)c(Cl)c2)C1)Nc1ccc(CCO)cc1. The first-order valence-electron chi connectivity index (χ1n) is 10.7. The van der Waals surface area contributed by atoms with Crippen LogP contribution in [0.5, 0.6) is 0 Å². The van der Waals surface area contributed by atoms with Gasteiger partial charge >= 0.3 is 0 Å². The van der Waals surface area contributed by atoms with Crippen molar-refractivity contribution in [3.05, 3.63) is 117 Å². The van der Waals surface area contributed by atoms with Gasteiger partial charge in [0, 0.05) is 35.7 Å². The molecule has 0 spiro atoms. The Labute approximate surface area is 204 Å². The molecule has 1 aliphatic rings. The molecule has 0 radical (unpaired) electrons. The number of hydrogen-bond donors (Lipinski definition) is 3.